The fraction of sp³-hybridized carbons (Fsp3) is 0.417. The van der Waals surface area contributed by atoms with Crippen molar-refractivity contribution in [2.45, 2.75) is 26.4 Å². The predicted molar refractivity (Wildman–Crippen MR) is 68.6 cm³/mol. The number of pyridine rings is 1. The minimum atomic E-state index is -0.869. The molecule has 1 heterocycles. The van der Waals surface area contributed by atoms with Crippen molar-refractivity contribution in [2.24, 2.45) is 0 Å². The first-order valence-electron chi connectivity index (χ1n) is 5.45. The van der Waals surface area contributed by atoms with Gasteiger partial charge in [0.15, 0.2) is 5.60 Å². The number of nitro groups is 1. The average molecular weight is 249 g/mol. The Labute approximate surface area is 106 Å². The molecule has 6 heteroatoms. The van der Waals surface area contributed by atoms with Gasteiger partial charge in [-0.2, -0.15) is 4.98 Å². The summed E-state index contributed by atoms with van der Waals surface area (Å²) in [5.74, 6) is 2.95. The van der Waals surface area contributed by atoms with Gasteiger partial charge in [0.05, 0.1) is 17.1 Å². The number of hydrogen-bond acceptors (Lipinski definition) is 5. The molecule has 96 valence electrons. The molecule has 0 bridgehead atoms. The Kier molecular flexibility index (Phi) is 4.10. The van der Waals surface area contributed by atoms with Crippen LogP contribution in [0.1, 0.15) is 20.8 Å². The van der Waals surface area contributed by atoms with Gasteiger partial charge in [-0.1, -0.05) is 5.92 Å². The SMILES string of the molecule is C#CC(C)(C)Oc1cc([N+](=O)[O-])cc(NCC)n1. The second-order valence-corrected chi connectivity index (χ2v) is 4.09. The topological polar surface area (TPSA) is 77.3 Å². The minimum absolute atomic E-state index is 0.0937. The van der Waals surface area contributed by atoms with Gasteiger partial charge < -0.3 is 10.1 Å². The normalized spacial score (nSPS) is 10.6. The van der Waals surface area contributed by atoms with Crippen molar-refractivity contribution >= 4 is 11.5 Å². The molecule has 0 spiro atoms. The number of terminal acetylenes is 1. The fourth-order valence-corrected chi connectivity index (χ4v) is 1.21. The largest absolute Gasteiger partial charge is 0.458 e. The molecule has 0 aliphatic carbocycles. The summed E-state index contributed by atoms with van der Waals surface area (Å²) in [4.78, 5) is 14.4. The van der Waals surface area contributed by atoms with Gasteiger partial charge >= 0.3 is 0 Å². The summed E-state index contributed by atoms with van der Waals surface area (Å²) in [5.41, 5.74) is -0.963. The summed E-state index contributed by atoms with van der Waals surface area (Å²) in [6.45, 7) is 5.83. The molecule has 0 saturated carbocycles. The molecule has 1 aromatic heterocycles. The molecule has 0 atom stereocenters. The van der Waals surface area contributed by atoms with Crippen LogP contribution in [0, 0.1) is 22.5 Å². The Balaban J connectivity index is 3.11. The van der Waals surface area contributed by atoms with Crippen molar-refractivity contribution in [1.82, 2.24) is 4.98 Å². The Morgan fingerprint density at radius 2 is 2.28 bits per heavy atom. The zero-order valence-corrected chi connectivity index (χ0v) is 10.6. The molecule has 1 rings (SSSR count). The third-order valence-electron chi connectivity index (χ3n) is 2.06. The summed E-state index contributed by atoms with van der Waals surface area (Å²) in [6, 6.07) is 2.60. The van der Waals surface area contributed by atoms with Crippen LogP contribution in [0.3, 0.4) is 0 Å². The maximum Gasteiger partial charge on any atom is 0.278 e. The lowest BCUT2D eigenvalue weighted by Crippen LogP contribution is -2.26. The molecule has 0 radical (unpaired) electrons. The van der Waals surface area contributed by atoms with Crippen LogP contribution in [-0.2, 0) is 0 Å². The van der Waals surface area contributed by atoms with Crippen molar-refractivity contribution < 1.29 is 9.66 Å². The maximum atomic E-state index is 10.8. The summed E-state index contributed by atoms with van der Waals surface area (Å²) in [7, 11) is 0. The number of nitrogens with zero attached hydrogens (tertiary/aromatic N) is 2. The molecule has 6 nitrogen and oxygen atoms in total. The van der Waals surface area contributed by atoms with Crippen molar-refractivity contribution in [3.05, 3.63) is 22.2 Å². The van der Waals surface area contributed by atoms with Crippen LogP contribution in [0.15, 0.2) is 12.1 Å². The Morgan fingerprint density at radius 1 is 1.61 bits per heavy atom. The summed E-state index contributed by atoms with van der Waals surface area (Å²) >= 11 is 0. The second kappa shape index (κ2) is 5.36. The number of hydrogen-bond donors (Lipinski definition) is 1. The van der Waals surface area contributed by atoms with Crippen LogP contribution in [0.2, 0.25) is 0 Å². The van der Waals surface area contributed by atoms with Gasteiger partial charge in [0, 0.05) is 6.54 Å². The predicted octanol–water partition coefficient (Wildman–Crippen LogP) is 2.21. The van der Waals surface area contributed by atoms with Crippen LogP contribution in [0.5, 0.6) is 5.88 Å². The number of rotatable bonds is 5. The van der Waals surface area contributed by atoms with Crippen molar-refractivity contribution in [2.75, 3.05) is 11.9 Å². The smallest absolute Gasteiger partial charge is 0.278 e. The molecule has 18 heavy (non-hydrogen) atoms. The van der Waals surface area contributed by atoms with E-state index >= 15 is 0 Å². The van der Waals surface area contributed by atoms with Crippen LogP contribution in [0.4, 0.5) is 11.5 Å². The Hall–Kier alpha value is -2.29. The van der Waals surface area contributed by atoms with Crippen LogP contribution >= 0.6 is 0 Å². The van der Waals surface area contributed by atoms with Crippen LogP contribution in [-0.4, -0.2) is 22.1 Å². The minimum Gasteiger partial charge on any atom is -0.458 e. The van der Waals surface area contributed by atoms with Gasteiger partial charge in [0.1, 0.15) is 5.82 Å². The zero-order chi connectivity index (χ0) is 13.8. The molecule has 0 saturated heterocycles. The van der Waals surface area contributed by atoms with Gasteiger partial charge in [0.25, 0.3) is 5.69 Å². The lowest BCUT2D eigenvalue weighted by Gasteiger charge is -2.19. The molecule has 0 aliphatic heterocycles. The highest BCUT2D eigenvalue weighted by atomic mass is 16.6. The molecular weight excluding hydrogens is 234 g/mol. The molecule has 0 fully saturated rings. The van der Waals surface area contributed by atoms with Crippen LogP contribution in [0.25, 0.3) is 0 Å². The highest BCUT2D eigenvalue weighted by molar-refractivity contribution is 5.48. The third-order valence-corrected chi connectivity index (χ3v) is 2.06. The monoisotopic (exact) mass is 249 g/mol. The fourth-order valence-electron chi connectivity index (χ4n) is 1.21. The lowest BCUT2D eigenvalue weighted by molar-refractivity contribution is -0.384. The van der Waals surface area contributed by atoms with Gasteiger partial charge in [-0.3, -0.25) is 10.1 Å². The van der Waals surface area contributed by atoms with E-state index in [1.165, 1.54) is 12.1 Å². The second-order valence-electron chi connectivity index (χ2n) is 4.09. The first kappa shape index (κ1) is 13.8. The summed E-state index contributed by atoms with van der Waals surface area (Å²) in [5, 5.41) is 13.7. The highest BCUT2D eigenvalue weighted by Gasteiger charge is 2.19. The van der Waals surface area contributed by atoms with E-state index in [1.807, 2.05) is 6.92 Å². The molecule has 1 aromatic rings. The van der Waals surface area contributed by atoms with Gasteiger partial charge in [-0.15, -0.1) is 6.42 Å². The Morgan fingerprint density at radius 3 is 2.78 bits per heavy atom. The average Bonchev–Trinajstić information content (AvgIpc) is 2.28. The van der Waals surface area contributed by atoms with E-state index in [-0.39, 0.29) is 11.6 Å². The molecular formula is C12H15N3O3. The Bertz CT molecular complexity index is 492. The van der Waals surface area contributed by atoms with E-state index in [0.717, 1.165) is 0 Å². The first-order valence-corrected chi connectivity index (χ1v) is 5.45. The molecule has 0 aromatic carbocycles. The van der Waals surface area contributed by atoms with Crippen LogP contribution < -0.4 is 10.1 Å². The van der Waals surface area contributed by atoms with E-state index in [9.17, 15) is 10.1 Å². The number of nitrogens with one attached hydrogen (secondary N) is 1. The molecule has 1 N–H and O–H groups in total. The molecule has 0 amide bonds. The van der Waals surface area contributed by atoms with E-state index in [4.69, 9.17) is 11.2 Å². The number of aromatic nitrogens is 1. The van der Waals surface area contributed by atoms with E-state index in [2.05, 4.69) is 16.2 Å². The first-order chi connectivity index (χ1) is 8.38. The molecule has 0 aliphatic rings. The van der Waals surface area contributed by atoms with Crippen molar-refractivity contribution in [1.29, 1.82) is 0 Å². The maximum absolute atomic E-state index is 10.8. The van der Waals surface area contributed by atoms with E-state index in [1.54, 1.807) is 13.8 Å². The standard InChI is InChI=1S/C12H15N3O3/c1-5-12(3,4)18-11-8-9(15(16)17)7-10(14-11)13-6-2/h1,7-8H,6H2,2-4H3,(H,13,14). The molecule has 0 unspecified atom stereocenters. The number of anilines is 1. The van der Waals surface area contributed by atoms with Gasteiger partial charge in [-0.05, 0) is 20.8 Å². The zero-order valence-electron chi connectivity index (χ0n) is 10.6. The highest BCUT2D eigenvalue weighted by Crippen LogP contribution is 2.24. The van der Waals surface area contributed by atoms with E-state index < -0.39 is 10.5 Å². The lowest BCUT2D eigenvalue weighted by atomic mass is 10.1. The van der Waals surface area contributed by atoms with Crippen molar-refractivity contribution in [3.63, 3.8) is 0 Å². The van der Waals surface area contributed by atoms with Gasteiger partial charge in [0.2, 0.25) is 5.88 Å². The van der Waals surface area contributed by atoms with Crippen molar-refractivity contribution in [3.8, 4) is 18.2 Å². The summed E-state index contributed by atoms with van der Waals surface area (Å²) in [6.07, 6.45) is 5.30. The third kappa shape index (κ3) is 3.63. The van der Waals surface area contributed by atoms with E-state index in [0.29, 0.717) is 12.4 Å². The number of ether oxygens (including phenoxy) is 1. The van der Waals surface area contributed by atoms with Gasteiger partial charge in [-0.25, -0.2) is 0 Å². The quantitative estimate of drug-likeness (QED) is 0.492. The summed E-state index contributed by atoms with van der Waals surface area (Å²) < 4.78 is 5.44.